The van der Waals surface area contributed by atoms with Gasteiger partial charge < -0.3 is 4.55 Å². The van der Waals surface area contributed by atoms with Crippen molar-refractivity contribution in [3.05, 3.63) is 0 Å². The first-order valence-electron chi connectivity index (χ1n) is 2.89. The lowest BCUT2D eigenvalue weighted by molar-refractivity contribution is 0.409. The molecule has 1 saturated heterocycles. The van der Waals surface area contributed by atoms with Crippen LogP contribution in [0.15, 0.2) is 0 Å². The Balaban J connectivity index is 2.40. The van der Waals surface area contributed by atoms with Gasteiger partial charge in [0, 0.05) is 46.7 Å². The first-order valence-corrected chi connectivity index (χ1v) is 5.41. The van der Waals surface area contributed by atoms with Crippen LogP contribution in [-0.2, 0) is 22.1 Å². The van der Waals surface area contributed by atoms with Gasteiger partial charge in [-0.05, 0) is 0 Å². The Morgan fingerprint density at radius 1 is 1.40 bits per heavy atom. The fraction of sp³-hybridized carbons (Fsp3) is 1.00. The molecule has 1 heterocycles. The molecule has 1 fully saturated rings. The standard InChI is InChI=1S/C4H9NO3S2/c6-9-3-1-5(2-4-9)10(7)8/h1-4H2,(H,7,8)/p-1. The third-order valence-electron chi connectivity index (χ3n) is 1.35. The average molecular weight is 182 g/mol. The summed E-state index contributed by atoms with van der Waals surface area (Å²) in [5.74, 6) is 0.960. The van der Waals surface area contributed by atoms with Crippen LogP contribution in [0.2, 0.25) is 0 Å². The van der Waals surface area contributed by atoms with Crippen molar-refractivity contribution in [2.45, 2.75) is 0 Å². The van der Waals surface area contributed by atoms with Crippen LogP contribution in [-0.4, -0.2) is 41.9 Å². The fourth-order valence-electron chi connectivity index (χ4n) is 0.770. The van der Waals surface area contributed by atoms with Gasteiger partial charge in [0.2, 0.25) is 0 Å². The minimum Gasteiger partial charge on any atom is -0.760 e. The van der Waals surface area contributed by atoms with Crippen LogP contribution in [0.5, 0.6) is 0 Å². The van der Waals surface area contributed by atoms with Crippen LogP contribution in [0.1, 0.15) is 0 Å². The first kappa shape index (κ1) is 8.32. The lowest BCUT2D eigenvalue weighted by Gasteiger charge is -2.27. The van der Waals surface area contributed by atoms with E-state index in [0.29, 0.717) is 24.6 Å². The summed E-state index contributed by atoms with van der Waals surface area (Å²) in [5.41, 5.74) is 0. The van der Waals surface area contributed by atoms with Crippen molar-refractivity contribution in [2.75, 3.05) is 24.6 Å². The fourth-order valence-corrected chi connectivity index (χ4v) is 2.53. The van der Waals surface area contributed by atoms with Gasteiger partial charge >= 0.3 is 0 Å². The summed E-state index contributed by atoms with van der Waals surface area (Å²) in [7, 11) is -0.792. The quantitative estimate of drug-likeness (QED) is 0.481. The molecular formula is C4H8NO3S2-. The number of hydrogen-bond donors (Lipinski definition) is 0. The molecule has 4 nitrogen and oxygen atoms in total. The molecule has 1 aliphatic rings. The van der Waals surface area contributed by atoms with Gasteiger partial charge in [0.05, 0.1) is 0 Å². The molecule has 0 bridgehead atoms. The van der Waals surface area contributed by atoms with Crippen molar-refractivity contribution < 1.29 is 13.0 Å². The molecule has 1 rings (SSSR count). The van der Waals surface area contributed by atoms with Crippen molar-refractivity contribution in [1.29, 1.82) is 0 Å². The number of hydrogen-bond acceptors (Lipinski definition) is 3. The Morgan fingerprint density at radius 3 is 2.30 bits per heavy atom. The summed E-state index contributed by atoms with van der Waals surface area (Å²) in [6, 6.07) is 0. The van der Waals surface area contributed by atoms with E-state index >= 15 is 0 Å². The maximum atomic E-state index is 10.7. The highest BCUT2D eigenvalue weighted by Crippen LogP contribution is 2.00. The van der Waals surface area contributed by atoms with E-state index in [1.54, 1.807) is 0 Å². The zero-order chi connectivity index (χ0) is 7.56. The summed E-state index contributed by atoms with van der Waals surface area (Å²) in [6.07, 6.45) is 0. The Morgan fingerprint density at radius 2 is 1.90 bits per heavy atom. The van der Waals surface area contributed by atoms with Crippen molar-refractivity contribution in [3.8, 4) is 0 Å². The Labute approximate surface area is 64.5 Å². The number of rotatable bonds is 1. The SMILES string of the molecule is O=S1CCN(S(=O)[O-])CC1. The largest absolute Gasteiger partial charge is 0.760 e. The highest BCUT2D eigenvalue weighted by Gasteiger charge is 2.14. The molecule has 0 aromatic rings. The van der Waals surface area contributed by atoms with Crippen LogP contribution in [0.4, 0.5) is 0 Å². The maximum absolute atomic E-state index is 10.7. The molecule has 0 saturated carbocycles. The van der Waals surface area contributed by atoms with Gasteiger partial charge in [-0.25, -0.2) is 4.31 Å². The molecule has 0 N–H and O–H groups in total. The lowest BCUT2D eigenvalue weighted by atomic mass is 10.6. The monoisotopic (exact) mass is 182 g/mol. The second-order valence-corrected chi connectivity index (χ2v) is 4.64. The van der Waals surface area contributed by atoms with E-state index < -0.39 is 22.1 Å². The molecule has 0 aromatic carbocycles. The predicted molar refractivity (Wildman–Crippen MR) is 38.4 cm³/mol. The first-order chi connectivity index (χ1) is 4.70. The number of nitrogens with zero attached hydrogens (tertiary/aromatic N) is 1. The van der Waals surface area contributed by atoms with E-state index in [1.807, 2.05) is 0 Å². The summed E-state index contributed by atoms with van der Waals surface area (Å²) in [4.78, 5) is 0. The van der Waals surface area contributed by atoms with Gasteiger partial charge in [-0.3, -0.25) is 8.42 Å². The minimum atomic E-state index is -2.12. The second kappa shape index (κ2) is 3.56. The Hall–Kier alpha value is 0.220. The summed E-state index contributed by atoms with van der Waals surface area (Å²) in [5, 5.41) is 0. The summed E-state index contributed by atoms with van der Waals surface area (Å²) >= 11 is -2.12. The normalized spacial score (nSPS) is 26.5. The maximum Gasteiger partial charge on any atom is 0.0372 e. The zero-order valence-electron chi connectivity index (χ0n) is 5.32. The van der Waals surface area contributed by atoms with Gasteiger partial charge in [0.15, 0.2) is 0 Å². The van der Waals surface area contributed by atoms with Gasteiger partial charge in [-0.15, -0.1) is 0 Å². The van der Waals surface area contributed by atoms with E-state index in [9.17, 15) is 13.0 Å². The van der Waals surface area contributed by atoms with Crippen molar-refractivity contribution in [2.24, 2.45) is 0 Å². The van der Waals surface area contributed by atoms with Crippen LogP contribution in [0.25, 0.3) is 0 Å². The smallest absolute Gasteiger partial charge is 0.0372 e. The minimum absolute atomic E-state index is 0.405. The highest BCUT2D eigenvalue weighted by molar-refractivity contribution is 7.85. The van der Waals surface area contributed by atoms with E-state index in [-0.39, 0.29) is 0 Å². The third kappa shape index (κ3) is 2.12. The van der Waals surface area contributed by atoms with Crippen molar-refractivity contribution in [1.82, 2.24) is 4.31 Å². The molecule has 0 spiro atoms. The molecule has 10 heavy (non-hydrogen) atoms. The molecule has 0 aromatic heterocycles. The average Bonchev–Trinajstić information content (AvgIpc) is 1.88. The highest BCUT2D eigenvalue weighted by atomic mass is 32.2. The molecule has 60 valence electrons. The second-order valence-electron chi connectivity index (χ2n) is 1.99. The van der Waals surface area contributed by atoms with E-state index in [0.717, 1.165) is 0 Å². The van der Waals surface area contributed by atoms with Gasteiger partial charge in [0.1, 0.15) is 0 Å². The van der Waals surface area contributed by atoms with Crippen LogP contribution in [0, 0.1) is 0 Å². The summed E-state index contributed by atoms with van der Waals surface area (Å²) < 4.78 is 32.6. The molecule has 1 aliphatic heterocycles. The molecule has 1 unspecified atom stereocenters. The van der Waals surface area contributed by atoms with E-state index in [2.05, 4.69) is 0 Å². The van der Waals surface area contributed by atoms with Crippen LogP contribution in [0.3, 0.4) is 0 Å². The Kier molecular flexibility index (Phi) is 2.96. The van der Waals surface area contributed by atoms with Crippen LogP contribution >= 0.6 is 0 Å². The van der Waals surface area contributed by atoms with Gasteiger partial charge in [0.25, 0.3) is 0 Å². The molecule has 0 amide bonds. The zero-order valence-corrected chi connectivity index (χ0v) is 6.95. The van der Waals surface area contributed by atoms with Gasteiger partial charge in [-0.2, -0.15) is 0 Å². The van der Waals surface area contributed by atoms with E-state index in [4.69, 9.17) is 0 Å². The van der Waals surface area contributed by atoms with Crippen molar-refractivity contribution in [3.63, 3.8) is 0 Å². The lowest BCUT2D eigenvalue weighted by Crippen LogP contribution is -2.38. The molecular weight excluding hydrogens is 174 g/mol. The Bertz CT molecular complexity index is 162. The molecule has 6 heteroatoms. The van der Waals surface area contributed by atoms with Gasteiger partial charge in [-0.1, -0.05) is 0 Å². The molecule has 0 aliphatic carbocycles. The van der Waals surface area contributed by atoms with E-state index in [1.165, 1.54) is 4.31 Å². The molecule has 1 atom stereocenters. The third-order valence-corrected chi connectivity index (χ3v) is 3.41. The molecule has 0 radical (unpaired) electrons. The topological polar surface area (TPSA) is 60.4 Å². The summed E-state index contributed by atoms with van der Waals surface area (Å²) in [6.45, 7) is 0.811. The van der Waals surface area contributed by atoms with Crippen molar-refractivity contribution >= 4 is 22.1 Å². The predicted octanol–water partition coefficient (Wildman–Crippen LogP) is -1.16. The van der Waals surface area contributed by atoms with Crippen LogP contribution < -0.4 is 0 Å².